The van der Waals surface area contributed by atoms with E-state index < -0.39 is 11.5 Å². The van der Waals surface area contributed by atoms with Gasteiger partial charge in [-0.25, -0.2) is 0 Å². The Labute approximate surface area is 141 Å². The SMILES string of the molecule is CCC(OC(=O)C(C)C(C)(CC)OC(=O)C(C)C)C(C)COC. The maximum atomic E-state index is 12.5. The van der Waals surface area contributed by atoms with Crippen LogP contribution in [-0.2, 0) is 23.8 Å². The summed E-state index contributed by atoms with van der Waals surface area (Å²) in [7, 11) is 1.63. The van der Waals surface area contributed by atoms with Gasteiger partial charge in [-0.05, 0) is 26.7 Å². The van der Waals surface area contributed by atoms with Gasteiger partial charge in [-0.2, -0.15) is 0 Å². The average molecular weight is 330 g/mol. The zero-order valence-corrected chi connectivity index (χ0v) is 16.0. The van der Waals surface area contributed by atoms with Crippen molar-refractivity contribution in [3.8, 4) is 0 Å². The summed E-state index contributed by atoms with van der Waals surface area (Å²) in [6, 6.07) is 0. The second kappa shape index (κ2) is 9.91. The minimum absolute atomic E-state index is 0.118. The van der Waals surface area contributed by atoms with Crippen molar-refractivity contribution in [2.45, 2.75) is 73.0 Å². The molecule has 0 radical (unpaired) electrons. The largest absolute Gasteiger partial charge is 0.462 e. The lowest BCUT2D eigenvalue weighted by molar-refractivity contribution is -0.180. The Morgan fingerprint density at radius 2 is 1.61 bits per heavy atom. The molecule has 0 bridgehead atoms. The quantitative estimate of drug-likeness (QED) is 0.573. The number of carbonyl (C=O) groups excluding carboxylic acids is 2. The molecule has 0 aliphatic heterocycles. The van der Waals surface area contributed by atoms with Crippen LogP contribution in [0.1, 0.15) is 61.3 Å². The average Bonchev–Trinajstić information content (AvgIpc) is 2.51. The minimum Gasteiger partial charge on any atom is -0.462 e. The fourth-order valence-corrected chi connectivity index (χ4v) is 2.29. The highest BCUT2D eigenvalue weighted by Gasteiger charge is 2.40. The van der Waals surface area contributed by atoms with Crippen LogP contribution < -0.4 is 0 Å². The van der Waals surface area contributed by atoms with Crippen molar-refractivity contribution in [1.82, 2.24) is 0 Å². The van der Waals surface area contributed by atoms with E-state index in [0.717, 1.165) is 6.42 Å². The number of esters is 2. The molecule has 4 atom stereocenters. The van der Waals surface area contributed by atoms with Crippen LogP contribution >= 0.6 is 0 Å². The number of ether oxygens (including phenoxy) is 3. The van der Waals surface area contributed by atoms with Crippen LogP contribution in [0.3, 0.4) is 0 Å². The van der Waals surface area contributed by atoms with Gasteiger partial charge in [0.25, 0.3) is 0 Å². The van der Waals surface area contributed by atoms with Gasteiger partial charge in [0, 0.05) is 13.0 Å². The molecule has 0 aliphatic rings. The molecule has 0 aromatic carbocycles. The molecule has 4 unspecified atom stereocenters. The fourth-order valence-electron chi connectivity index (χ4n) is 2.29. The van der Waals surface area contributed by atoms with Gasteiger partial charge in [0.2, 0.25) is 0 Å². The fraction of sp³-hybridized carbons (Fsp3) is 0.889. The lowest BCUT2D eigenvalue weighted by Gasteiger charge is -2.35. The van der Waals surface area contributed by atoms with E-state index in [1.54, 1.807) is 34.8 Å². The lowest BCUT2D eigenvalue weighted by Crippen LogP contribution is -2.44. The van der Waals surface area contributed by atoms with E-state index in [9.17, 15) is 9.59 Å². The van der Waals surface area contributed by atoms with Crippen LogP contribution in [0.25, 0.3) is 0 Å². The molecule has 0 N–H and O–H groups in total. The Kier molecular flexibility index (Phi) is 9.44. The molecule has 0 spiro atoms. The first kappa shape index (κ1) is 21.9. The molecule has 23 heavy (non-hydrogen) atoms. The summed E-state index contributed by atoms with van der Waals surface area (Å²) < 4.78 is 16.4. The van der Waals surface area contributed by atoms with Crippen molar-refractivity contribution in [3.63, 3.8) is 0 Å². The topological polar surface area (TPSA) is 61.8 Å². The monoisotopic (exact) mass is 330 g/mol. The predicted octanol–water partition coefficient (Wildman–Crippen LogP) is 3.59. The van der Waals surface area contributed by atoms with E-state index in [-0.39, 0.29) is 29.9 Å². The first-order chi connectivity index (χ1) is 10.6. The highest BCUT2D eigenvalue weighted by atomic mass is 16.6. The molecule has 0 saturated carbocycles. The maximum Gasteiger partial charge on any atom is 0.312 e. The van der Waals surface area contributed by atoms with Crippen LogP contribution in [0.4, 0.5) is 0 Å². The number of carbonyl (C=O) groups is 2. The summed E-state index contributed by atoms with van der Waals surface area (Å²) in [6.45, 7) is 13.5. The van der Waals surface area contributed by atoms with Gasteiger partial charge in [0.1, 0.15) is 11.7 Å². The van der Waals surface area contributed by atoms with Gasteiger partial charge in [0.05, 0.1) is 18.4 Å². The zero-order valence-electron chi connectivity index (χ0n) is 16.0. The normalized spacial score (nSPS) is 18.0. The first-order valence-electron chi connectivity index (χ1n) is 8.55. The van der Waals surface area contributed by atoms with Gasteiger partial charge < -0.3 is 14.2 Å². The van der Waals surface area contributed by atoms with E-state index in [4.69, 9.17) is 14.2 Å². The highest BCUT2D eigenvalue weighted by molar-refractivity contribution is 5.76. The Bertz CT molecular complexity index is 380. The molecule has 0 heterocycles. The standard InChI is InChI=1S/C18H34O5/c1-9-15(13(5)11-21-8)22-17(20)14(6)18(7,10-2)23-16(19)12(3)4/h12-15H,9-11H2,1-8H3. The smallest absolute Gasteiger partial charge is 0.312 e. The van der Waals surface area contributed by atoms with Gasteiger partial charge in [-0.15, -0.1) is 0 Å². The van der Waals surface area contributed by atoms with Gasteiger partial charge >= 0.3 is 11.9 Å². The van der Waals surface area contributed by atoms with Crippen molar-refractivity contribution in [2.24, 2.45) is 17.8 Å². The summed E-state index contributed by atoms with van der Waals surface area (Å²) in [6.07, 6.45) is 1.07. The van der Waals surface area contributed by atoms with Crippen molar-refractivity contribution >= 4 is 11.9 Å². The lowest BCUT2D eigenvalue weighted by atomic mass is 9.87. The summed E-state index contributed by atoms with van der Waals surface area (Å²) in [5, 5.41) is 0. The number of methoxy groups -OCH3 is 1. The number of hydrogen-bond donors (Lipinski definition) is 0. The van der Waals surface area contributed by atoms with Gasteiger partial charge in [-0.3, -0.25) is 9.59 Å². The van der Waals surface area contributed by atoms with Crippen molar-refractivity contribution in [2.75, 3.05) is 13.7 Å². The van der Waals surface area contributed by atoms with Crippen molar-refractivity contribution in [1.29, 1.82) is 0 Å². The van der Waals surface area contributed by atoms with Crippen LogP contribution in [-0.4, -0.2) is 37.4 Å². The third kappa shape index (κ3) is 6.50. The molecular formula is C18H34O5. The third-order valence-electron chi connectivity index (χ3n) is 4.51. The Balaban J connectivity index is 4.97. The second-order valence-corrected chi connectivity index (χ2v) is 6.78. The first-order valence-corrected chi connectivity index (χ1v) is 8.55. The predicted molar refractivity (Wildman–Crippen MR) is 90.0 cm³/mol. The number of rotatable bonds is 10. The van der Waals surface area contributed by atoms with Crippen LogP contribution in [0.5, 0.6) is 0 Å². The summed E-state index contributed by atoms with van der Waals surface area (Å²) in [5.74, 6) is -1.27. The highest BCUT2D eigenvalue weighted by Crippen LogP contribution is 2.29. The Hall–Kier alpha value is -1.10. The molecule has 0 aromatic rings. The number of hydrogen-bond acceptors (Lipinski definition) is 5. The molecule has 5 nitrogen and oxygen atoms in total. The second-order valence-electron chi connectivity index (χ2n) is 6.78. The molecule has 0 fully saturated rings. The molecule has 0 aliphatic carbocycles. The minimum atomic E-state index is -0.860. The molecule has 136 valence electrons. The Morgan fingerprint density at radius 3 is 2.00 bits per heavy atom. The van der Waals surface area contributed by atoms with Crippen molar-refractivity contribution < 1.29 is 23.8 Å². The van der Waals surface area contributed by atoms with Gasteiger partial charge in [-0.1, -0.05) is 34.6 Å². The van der Waals surface area contributed by atoms with Crippen LogP contribution in [0.2, 0.25) is 0 Å². The maximum absolute atomic E-state index is 12.5. The molecular weight excluding hydrogens is 296 g/mol. The summed E-state index contributed by atoms with van der Waals surface area (Å²) >= 11 is 0. The van der Waals surface area contributed by atoms with E-state index in [1.165, 1.54) is 0 Å². The van der Waals surface area contributed by atoms with E-state index in [0.29, 0.717) is 13.0 Å². The van der Waals surface area contributed by atoms with Crippen molar-refractivity contribution in [3.05, 3.63) is 0 Å². The third-order valence-corrected chi connectivity index (χ3v) is 4.51. The van der Waals surface area contributed by atoms with E-state index in [2.05, 4.69) is 0 Å². The zero-order chi connectivity index (χ0) is 18.2. The van der Waals surface area contributed by atoms with E-state index in [1.807, 2.05) is 20.8 Å². The van der Waals surface area contributed by atoms with E-state index >= 15 is 0 Å². The summed E-state index contributed by atoms with van der Waals surface area (Å²) in [5.41, 5.74) is -0.860. The molecule has 0 aromatic heterocycles. The molecule has 5 heteroatoms. The molecule has 0 saturated heterocycles. The molecule has 0 amide bonds. The molecule has 0 rings (SSSR count). The van der Waals surface area contributed by atoms with Crippen LogP contribution in [0.15, 0.2) is 0 Å². The Morgan fingerprint density at radius 1 is 1.04 bits per heavy atom. The summed E-state index contributed by atoms with van der Waals surface area (Å²) in [4.78, 5) is 24.4. The van der Waals surface area contributed by atoms with Crippen LogP contribution in [0, 0.1) is 17.8 Å². The van der Waals surface area contributed by atoms with Gasteiger partial charge in [0.15, 0.2) is 0 Å².